The van der Waals surface area contributed by atoms with Gasteiger partial charge < -0.3 is 20.7 Å². The minimum atomic E-state index is 0.177. The largest absolute Gasteiger partial charge is 0.399 e. The number of rotatable bonds is 3. The molecule has 0 saturated carbocycles. The highest BCUT2D eigenvalue weighted by atomic mass is 35.5. The van der Waals surface area contributed by atoms with E-state index in [9.17, 15) is 0 Å². The van der Waals surface area contributed by atoms with E-state index in [4.69, 9.17) is 22.1 Å². The van der Waals surface area contributed by atoms with E-state index in [1.54, 1.807) is 12.1 Å². The highest BCUT2D eigenvalue weighted by molar-refractivity contribution is 6.29. The topological polar surface area (TPSA) is 63.4 Å². The second-order valence-corrected chi connectivity index (χ2v) is 4.63. The summed E-state index contributed by atoms with van der Waals surface area (Å²) in [5.74, 6) is 0.687. The van der Waals surface area contributed by atoms with Crippen LogP contribution in [0.3, 0.4) is 0 Å². The van der Waals surface area contributed by atoms with Gasteiger partial charge in [0.25, 0.3) is 0 Å². The lowest BCUT2D eigenvalue weighted by atomic mass is 10.3. The first-order chi connectivity index (χ1) is 8.13. The zero-order valence-electron chi connectivity index (χ0n) is 9.82. The van der Waals surface area contributed by atoms with E-state index in [2.05, 4.69) is 22.2 Å². The third-order valence-corrected chi connectivity index (χ3v) is 2.86. The number of morpholine rings is 1. The zero-order chi connectivity index (χ0) is 12.3. The van der Waals surface area contributed by atoms with Gasteiger partial charge in [-0.3, -0.25) is 0 Å². The van der Waals surface area contributed by atoms with Gasteiger partial charge in [0, 0.05) is 31.4 Å². The number of halogens is 1. The fourth-order valence-corrected chi connectivity index (χ4v) is 2.03. The summed E-state index contributed by atoms with van der Waals surface area (Å²) in [6.07, 6.45) is 0.177. The van der Waals surface area contributed by atoms with Crippen LogP contribution in [0.5, 0.6) is 0 Å². The van der Waals surface area contributed by atoms with Crippen molar-refractivity contribution in [1.82, 2.24) is 9.88 Å². The second-order valence-electron chi connectivity index (χ2n) is 4.24. The Hall–Kier alpha value is -1.04. The SMILES string of the molecule is CN1CCOC(CNc2cc(N)cc(Cl)n2)C1. The van der Waals surface area contributed by atoms with Crippen LogP contribution < -0.4 is 11.1 Å². The molecule has 1 saturated heterocycles. The van der Waals surface area contributed by atoms with Gasteiger partial charge in [0.1, 0.15) is 11.0 Å². The van der Waals surface area contributed by atoms with Gasteiger partial charge in [-0.15, -0.1) is 0 Å². The van der Waals surface area contributed by atoms with Crippen molar-refractivity contribution in [2.75, 3.05) is 44.3 Å². The Morgan fingerprint density at radius 2 is 2.47 bits per heavy atom. The molecule has 0 radical (unpaired) electrons. The van der Waals surface area contributed by atoms with Crippen LogP contribution >= 0.6 is 11.6 Å². The Morgan fingerprint density at radius 1 is 1.65 bits per heavy atom. The number of anilines is 2. The lowest BCUT2D eigenvalue weighted by Crippen LogP contribution is -2.43. The molecular formula is C11H17ClN4O. The number of aromatic nitrogens is 1. The minimum Gasteiger partial charge on any atom is -0.399 e. The molecule has 94 valence electrons. The Balaban J connectivity index is 1.88. The summed E-state index contributed by atoms with van der Waals surface area (Å²) in [6, 6.07) is 3.38. The highest BCUT2D eigenvalue weighted by Gasteiger charge is 2.17. The van der Waals surface area contributed by atoms with Gasteiger partial charge in [-0.05, 0) is 13.1 Å². The molecule has 0 aliphatic carbocycles. The summed E-state index contributed by atoms with van der Waals surface area (Å²) in [6.45, 7) is 3.38. The molecule has 17 heavy (non-hydrogen) atoms. The standard InChI is InChI=1S/C11H17ClN4O/c1-16-2-3-17-9(7-16)6-14-11-5-8(13)4-10(12)15-11/h4-5,9H,2-3,6-7H2,1H3,(H3,13,14,15). The predicted octanol–water partition coefficient (Wildman–Crippen LogP) is 1.06. The van der Waals surface area contributed by atoms with E-state index in [1.165, 1.54) is 0 Å². The molecule has 1 fully saturated rings. The number of likely N-dealkylation sites (N-methyl/N-ethyl adjacent to an activating group) is 1. The third kappa shape index (κ3) is 3.73. The van der Waals surface area contributed by atoms with Crippen LogP contribution in [-0.4, -0.2) is 49.3 Å². The van der Waals surface area contributed by atoms with E-state index >= 15 is 0 Å². The number of ether oxygens (including phenoxy) is 1. The first kappa shape index (κ1) is 12.4. The van der Waals surface area contributed by atoms with Gasteiger partial charge in [0.15, 0.2) is 0 Å². The van der Waals surface area contributed by atoms with Crippen molar-refractivity contribution in [3.05, 3.63) is 17.3 Å². The van der Waals surface area contributed by atoms with E-state index in [-0.39, 0.29) is 6.10 Å². The maximum Gasteiger partial charge on any atom is 0.133 e. The molecule has 0 amide bonds. The number of nitrogens with zero attached hydrogens (tertiary/aromatic N) is 2. The van der Waals surface area contributed by atoms with Crippen LogP contribution in [0.25, 0.3) is 0 Å². The summed E-state index contributed by atoms with van der Waals surface area (Å²) >= 11 is 5.82. The van der Waals surface area contributed by atoms with Crippen molar-refractivity contribution in [2.24, 2.45) is 0 Å². The van der Waals surface area contributed by atoms with Gasteiger partial charge in [-0.1, -0.05) is 11.6 Å². The van der Waals surface area contributed by atoms with Crippen LogP contribution in [0.2, 0.25) is 5.15 Å². The van der Waals surface area contributed by atoms with E-state index in [1.807, 2.05) is 0 Å². The van der Waals surface area contributed by atoms with Crippen LogP contribution in [0.15, 0.2) is 12.1 Å². The first-order valence-corrected chi connectivity index (χ1v) is 5.98. The Morgan fingerprint density at radius 3 is 3.18 bits per heavy atom. The number of hydrogen-bond acceptors (Lipinski definition) is 5. The van der Waals surface area contributed by atoms with E-state index in [0.717, 1.165) is 19.7 Å². The van der Waals surface area contributed by atoms with Gasteiger partial charge in [-0.25, -0.2) is 4.98 Å². The van der Waals surface area contributed by atoms with Gasteiger partial charge in [-0.2, -0.15) is 0 Å². The molecule has 6 heteroatoms. The molecule has 1 unspecified atom stereocenters. The highest BCUT2D eigenvalue weighted by Crippen LogP contribution is 2.16. The quantitative estimate of drug-likeness (QED) is 0.792. The number of nitrogens with two attached hydrogens (primary N) is 1. The average molecular weight is 257 g/mol. The Labute approximate surface area is 106 Å². The number of nitrogens with one attached hydrogen (secondary N) is 1. The molecule has 2 rings (SSSR count). The molecule has 1 aromatic heterocycles. The molecule has 5 nitrogen and oxygen atoms in total. The Kier molecular flexibility index (Phi) is 4.04. The van der Waals surface area contributed by atoms with Gasteiger partial charge >= 0.3 is 0 Å². The third-order valence-electron chi connectivity index (χ3n) is 2.67. The van der Waals surface area contributed by atoms with Crippen LogP contribution in [-0.2, 0) is 4.74 Å². The molecule has 1 atom stereocenters. The molecular weight excluding hydrogens is 240 g/mol. The molecule has 0 aromatic carbocycles. The predicted molar refractivity (Wildman–Crippen MR) is 69.4 cm³/mol. The van der Waals surface area contributed by atoms with Crippen LogP contribution in [0.4, 0.5) is 11.5 Å². The molecule has 1 aliphatic rings. The van der Waals surface area contributed by atoms with Crippen molar-refractivity contribution in [2.45, 2.75) is 6.10 Å². The summed E-state index contributed by atoms with van der Waals surface area (Å²) in [5.41, 5.74) is 6.29. The average Bonchev–Trinajstić information content (AvgIpc) is 2.25. The Bertz CT molecular complexity index is 367. The van der Waals surface area contributed by atoms with Crippen molar-refractivity contribution >= 4 is 23.1 Å². The number of nitrogen functional groups attached to an aromatic ring is 1. The fraction of sp³-hybridized carbons (Fsp3) is 0.545. The van der Waals surface area contributed by atoms with Crippen LogP contribution in [0, 0.1) is 0 Å². The maximum absolute atomic E-state index is 5.82. The normalized spacial score (nSPS) is 21.4. The smallest absolute Gasteiger partial charge is 0.133 e. The lowest BCUT2D eigenvalue weighted by Gasteiger charge is -2.30. The number of pyridine rings is 1. The van der Waals surface area contributed by atoms with Crippen molar-refractivity contribution in [3.8, 4) is 0 Å². The van der Waals surface area contributed by atoms with Gasteiger partial charge in [0.05, 0.1) is 12.7 Å². The molecule has 1 aromatic rings. The first-order valence-electron chi connectivity index (χ1n) is 5.60. The summed E-state index contributed by atoms with van der Waals surface area (Å²) < 4.78 is 5.63. The van der Waals surface area contributed by atoms with E-state index < -0.39 is 0 Å². The summed E-state index contributed by atoms with van der Waals surface area (Å²) in [5, 5.41) is 3.59. The zero-order valence-corrected chi connectivity index (χ0v) is 10.6. The van der Waals surface area contributed by atoms with Crippen LogP contribution in [0.1, 0.15) is 0 Å². The molecule has 0 bridgehead atoms. The molecule has 0 spiro atoms. The molecule has 1 aliphatic heterocycles. The van der Waals surface area contributed by atoms with Crippen molar-refractivity contribution < 1.29 is 4.74 Å². The monoisotopic (exact) mass is 256 g/mol. The second kappa shape index (κ2) is 5.53. The summed E-state index contributed by atoms with van der Waals surface area (Å²) in [4.78, 5) is 6.39. The van der Waals surface area contributed by atoms with E-state index in [0.29, 0.717) is 23.2 Å². The molecule has 2 heterocycles. The summed E-state index contributed by atoms with van der Waals surface area (Å²) in [7, 11) is 2.09. The fourth-order valence-electron chi connectivity index (χ4n) is 1.82. The lowest BCUT2D eigenvalue weighted by molar-refractivity contribution is -0.0117. The maximum atomic E-state index is 5.82. The van der Waals surface area contributed by atoms with Gasteiger partial charge in [0.2, 0.25) is 0 Å². The van der Waals surface area contributed by atoms with Crippen molar-refractivity contribution in [3.63, 3.8) is 0 Å². The number of hydrogen-bond donors (Lipinski definition) is 2. The molecule has 3 N–H and O–H groups in total. The minimum absolute atomic E-state index is 0.177. The van der Waals surface area contributed by atoms with Crippen molar-refractivity contribution in [1.29, 1.82) is 0 Å².